The fourth-order valence-corrected chi connectivity index (χ4v) is 3.09. The summed E-state index contributed by atoms with van der Waals surface area (Å²) in [5, 5.41) is 9.59. The third-order valence-corrected chi connectivity index (χ3v) is 3.92. The minimum atomic E-state index is 0.296. The number of nitrogens with two attached hydrogens (primary N) is 1. The summed E-state index contributed by atoms with van der Waals surface area (Å²) in [6.45, 7) is 1.08. The Morgan fingerprint density at radius 1 is 1.31 bits per heavy atom. The highest BCUT2D eigenvalue weighted by molar-refractivity contribution is 5.60. The van der Waals surface area contributed by atoms with Gasteiger partial charge in [0.15, 0.2) is 0 Å². The molecule has 16 heavy (non-hydrogen) atoms. The van der Waals surface area contributed by atoms with Gasteiger partial charge in [0.1, 0.15) is 5.75 Å². The van der Waals surface area contributed by atoms with Gasteiger partial charge >= 0.3 is 0 Å². The first-order valence-corrected chi connectivity index (χ1v) is 6.10. The summed E-state index contributed by atoms with van der Waals surface area (Å²) in [4.78, 5) is 2.40. The Balaban J connectivity index is 2.01. The molecule has 2 unspecified atom stereocenters. The van der Waals surface area contributed by atoms with Crippen LogP contribution in [0.5, 0.6) is 5.75 Å². The number of aryl methyl sites for hydroxylation is 1. The summed E-state index contributed by atoms with van der Waals surface area (Å²) >= 11 is 0. The third kappa shape index (κ3) is 1.47. The molecule has 1 aromatic rings. The van der Waals surface area contributed by atoms with Crippen LogP contribution in [-0.2, 0) is 6.42 Å². The van der Waals surface area contributed by atoms with Gasteiger partial charge in [0.05, 0.1) is 0 Å². The lowest BCUT2D eigenvalue weighted by Gasteiger charge is -2.45. The molecular formula is C13H18N2O. The molecule has 0 bridgehead atoms. The van der Waals surface area contributed by atoms with E-state index in [1.807, 2.05) is 12.1 Å². The van der Waals surface area contributed by atoms with E-state index < -0.39 is 0 Å². The predicted octanol–water partition coefficient (Wildman–Crippen LogP) is 1.63. The normalized spacial score (nSPS) is 28.4. The summed E-state index contributed by atoms with van der Waals surface area (Å²) in [6.07, 6.45) is 4.53. The van der Waals surface area contributed by atoms with E-state index in [1.54, 1.807) is 6.07 Å². The first-order valence-electron chi connectivity index (χ1n) is 6.10. The smallest absolute Gasteiger partial charge is 0.117 e. The molecule has 2 aliphatic heterocycles. The number of benzene rings is 1. The summed E-state index contributed by atoms with van der Waals surface area (Å²) in [5.41, 5.74) is 8.73. The Hall–Kier alpha value is -1.22. The van der Waals surface area contributed by atoms with E-state index in [2.05, 4.69) is 4.90 Å². The van der Waals surface area contributed by atoms with Crippen LogP contribution in [0, 0.1) is 0 Å². The van der Waals surface area contributed by atoms with Crippen LogP contribution in [-0.4, -0.2) is 23.7 Å². The monoisotopic (exact) mass is 218 g/mol. The summed E-state index contributed by atoms with van der Waals surface area (Å²) in [6, 6.07) is 6.48. The van der Waals surface area contributed by atoms with Crippen molar-refractivity contribution in [2.24, 2.45) is 5.73 Å². The molecule has 1 fully saturated rings. The molecule has 0 aliphatic carbocycles. The zero-order valence-electron chi connectivity index (χ0n) is 9.39. The van der Waals surface area contributed by atoms with Crippen LogP contribution < -0.4 is 10.6 Å². The number of nitrogens with zero attached hydrogens (tertiary/aromatic N) is 1. The van der Waals surface area contributed by atoms with Crippen molar-refractivity contribution in [2.75, 3.05) is 11.4 Å². The predicted molar refractivity (Wildman–Crippen MR) is 64.8 cm³/mol. The lowest BCUT2D eigenvalue weighted by atomic mass is 9.86. The van der Waals surface area contributed by atoms with E-state index >= 15 is 0 Å². The second-order valence-electron chi connectivity index (χ2n) is 4.92. The second kappa shape index (κ2) is 3.67. The van der Waals surface area contributed by atoms with Gasteiger partial charge in [-0.3, -0.25) is 0 Å². The Morgan fingerprint density at radius 2 is 2.19 bits per heavy atom. The average molecular weight is 218 g/mol. The van der Waals surface area contributed by atoms with Gasteiger partial charge in [0.2, 0.25) is 0 Å². The molecular weight excluding hydrogens is 200 g/mol. The highest BCUT2D eigenvalue weighted by Crippen LogP contribution is 2.36. The SMILES string of the molecule is NC1CCCN2c3cc(O)ccc3CCC12. The Kier molecular flexibility index (Phi) is 2.28. The van der Waals surface area contributed by atoms with Gasteiger partial charge in [0, 0.05) is 30.4 Å². The lowest BCUT2D eigenvalue weighted by Crippen LogP contribution is -2.54. The minimum absolute atomic E-state index is 0.296. The van der Waals surface area contributed by atoms with Crippen LogP contribution in [0.4, 0.5) is 5.69 Å². The molecule has 3 rings (SSSR count). The maximum absolute atomic E-state index is 9.59. The van der Waals surface area contributed by atoms with Crippen LogP contribution in [0.25, 0.3) is 0 Å². The lowest BCUT2D eigenvalue weighted by molar-refractivity contribution is 0.371. The van der Waals surface area contributed by atoms with Crippen molar-refractivity contribution in [3.8, 4) is 5.75 Å². The molecule has 3 heteroatoms. The standard InChI is InChI=1S/C13H18N2O/c14-11-2-1-7-15-12(11)6-4-9-3-5-10(16)8-13(9)15/h3,5,8,11-12,16H,1-2,4,6-7,14H2. The number of hydrogen-bond donors (Lipinski definition) is 2. The second-order valence-corrected chi connectivity index (χ2v) is 4.92. The van der Waals surface area contributed by atoms with Crippen molar-refractivity contribution in [3.63, 3.8) is 0 Å². The van der Waals surface area contributed by atoms with Crippen molar-refractivity contribution < 1.29 is 5.11 Å². The fraction of sp³-hybridized carbons (Fsp3) is 0.538. The molecule has 1 aromatic carbocycles. The number of anilines is 1. The van der Waals surface area contributed by atoms with Crippen molar-refractivity contribution in [2.45, 2.75) is 37.8 Å². The zero-order valence-corrected chi connectivity index (χ0v) is 9.39. The molecule has 1 saturated heterocycles. The van der Waals surface area contributed by atoms with Crippen molar-refractivity contribution >= 4 is 5.69 Å². The number of piperidine rings is 1. The summed E-state index contributed by atoms with van der Waals surface area (Å²) < 4.78 is 0. The van der Waals surface area contributed by atoms with Crippen molar-refractivity contribution in [3.05, 3.63) is 23.8 Å². The molecule has 3 N–H and O–H groups in total. The Morgan fingerprint density at radius 3 is 3.06 bits per heavy atom. The molecule has 86 valence electrons. The molecule has 2 atom stereocenters. The van der Waals surface area contributed by atoms with Gasteiger partial charge in [0.25, 0.3) is 0 Å². The highest BCUT2D eigenvalue weighted by Gasteiger charge is 2.33. The van der Waals surface area contributed by atoms with E-state index in [0.717, 1.165) is 32.2 Å². The molecule has 0 saturated carbocycles. The van der Waals surface area contributed by atoms with Gasteiger partial charge in [-0.15, -0.1) is 0 Å². The molecule has 0 aromatic heterocycles. The number of hydrogen-bond acceptors (Lipinski definition) is 3. The van der Waals surface area contributed by atoms with E-state index in [-0.39, 0.29) is 0 Å². The molecule has 3 nitrogen and oxygen atoms in total. The first-order chi connectivity index (χ1) is 7.75. The number of aromatic hydroxyl groups is 1. The van der Waals surface area contributed by atoms with E-state index in [0.29, 0.717) is 17.8 Å². The molecule has 0 radical (unpaired) electrons. The number of rotatable bonds is 0. The van der Waals surface area contributed by atoms with E-state index in [4.69, 9.17) is 5.73 Å². The van der Waals surface area contributed by atoms with Gasteiger partial charge in [-0.05, 0) is 37.3 Å². The minimum Gasteiger partial charge on any atom is -0.508 e. The van der Waals surface area contributed by atoms with Crippen LogP contribution >= 0.6 is 0 Å². The topological polar surface area (TPSA) is 49.5 Å². The Bertz CT molecular complexity index is 405. The van der Waals surface area contributed by atoms with Gasteiger partial charge in [-0.2, -0.15) is 0 Å². The molecule has 2 heterocycles. The highest BCUT2D eigenvalue weighted by atomic mass is 16.3. The fourth-order valence-electron chi connectivity index (χ4n) is 3.09. The van der Waals surface area contributed by atoms with Crippen LogP contribution in [0.15, 0.2) is 18.2 Å². The van der Waals surface area contributed by atoms with E-state index in [9.17, 15) is 5.11 Å². The quantitative estimate of drug-likeness (QED) is 0.696. The van der Waals surface area contributed by atoms with Crippen LogP contribution in [0.2, 0.25) is 0 Å². The average Bonchev–Trinajstić information content (AvgIpc) is 2.29. The Labute approximate surface area is 95.9 Å². The van der Waals surface area contributed by atoms with Crippen LogP contribution in [0.3, 0.4) is 0 Å². The number of fused-ring (bicyclic) bond motifs is 3. The summed E-state index contributed by atoms with van der Waals surface area (Å²) in [5.74, 6) is 0.360. The van der Waals surface area contributed by atoms with Gasteiger partial charge in [-0.25, -0.2) is 0 Å². The maximum Gasteiger partial charge on any atom is 0.117 e. The number of phenols is 1. The molecule has 0 amide bonds. The van der Waals surface area contributed by atoms with Crippen LogP contribution in [0.1, 0.15) is 24.8 Å². The largest absolute Gasteiger partial charge is 0.508 e. The number of phenolic OH excluding ortho intramolecular Hbond substituents is 1. The zero-order chi connectivity index (χ0) is 11.1. The van der Waals surface area contributed by atoms with Gasteiger partial charge < -0.3 is 15.7 Å². The molecule has 0 spiro atoms. The van der Waals surface area contributed by atoms with Crippen molar-refractivity contribution in [1.29, 1.82) is 0 Å². The molecule has 2 aliphatic rings. The summed E-state index contributed by atoms with van der Waals surface area (Å²) in [7, 11) is 0. The van der Waals surface area contributed by atoms with Crippen molar-refractivity contribution in [1.82, 2.24) is 0 Å². The van der Waals surface area contributed by atoms with Gasteiger partial charge in [-0.1, -0.05) is 6.07 Å². The van der Waals surface area contributed by atoms with E-state index in [1.165, 1.54) is 11.3 Å². The maximum atomic E-state index is 9.59. The first kappa shape index (κ1) is 9.97. The third-order valence-electron chi connectivity index (χ3n) is 3.92.